The van der Waals surface area contributed by atoms with Crippen LogP contribution in [0.15, 0.2) is 49.1 Å². The Bertz CT molecular complexity index is 940. The van der Waals surface area contributed by atoms with Gasteiger partial charge in [0, 0.05) is 44.6 Å². The third kappa shape index (κ3) is 2.95. The van der Waals surface area contributed by atoms with Crippen LogP contribution in [0.5, 0.6) is 0 Å². The average molecular weight is 349 g/mol. The molecule has 3 aromatic rings. The molecule has 1 aliphatic heterocycles. The highest BCUT2D eigenvalue weighted by Gasteiger charge is 2.22. The van der Waals surface area contributed by atoms with Gasteiger partial charge >= 0.3 is 0 Å². The average Bonchev–Trinajstić information content (AvgIpc) is 3.23. The topological polar surface area (TPSA) is 73.9 Å². The molecule has 3 heterocycles. The summed E-state index contributed by atoms with van der Waals surface area (Å²) >= 11 is 0. The van der Waals surface area contributed by atoms with Crippen LogP contribution in [0, 0.1) is 17.1 Å². The smallest absolute Gasteiger partial charge is 0.158 e. The molecule has 0 aliphatic carbocycles. The Kier molecular flexibility index (Phi) is 4.19. The van der Waals surface area contributed by atoms with Crippen LogP contribution in [0.25, 0.3) is 5.82 Å². The summed E-state index contributed by atoms with van der Waals surface area (Å²) in [5, 5.41) is 13.4. The Labute approximate surface area is 149 Å². The number of halogens is 1. The molecular formula is C18H16FN7. The van der Waals surface area contributed by atoms with Crippen LogP contribution in [0.1, 0.15) is 5.56 Å². The molecule has 0 saturated carbocycles. The van der Waals surface area contributed by atoms with E-state index in [9.17, 15) is 9.65 Å². The normalized spacial score (nSPS) is 14.3. The van der Waals surface area contributed by atoms with Crippen molar-refractivity contribution in [1.29, 1.82) is 5.26 Å². The van der Waals surface area contributed by atoms with Crippen molar-refractivity contribution in [3.63, 3.8) is 0 Å². The molecular weight excluding hydrogens is 333 g/mol. The first-order chi connectivity index (χ1) is 12.8. The molecule has 2 aromatic heterocycles. The van der Waals surface area contributed by atoms with Gasteiger partial charge in [0.25, 0.3) is 0 Å². The van der Waals surface area contributed by atoms with Gasteiger partial charge < -0.3 is 9.80 Å². The number of benzene rings is 1. The Hall–Kier alpha value is -3.47. The fraction of sp³-hybridized carbons (Fsp3) is 0.222. The first-order valence-corrected chi connectivity index (χ1v) is 8.27. The highest BCUT2D eigenvalue weighted by atomic mass is 19.1. The van der Waals surface area contributed by atoms with Gasteiger partial charge in [0.15, 0.2) is 5.82 Å². The summed E-state index contributed by atoms with van der Waals surface area (Å²) < 4.78 is 15.5. The molecule has 1 fully saturated rings. The van der Waals surface area contributed by atoms with Crippen LogP contribution in [0.3, 0.4) is 0 Å². The van der Waals surface area contributed by atoms with E-state index in [0.29, 0.717) is 24.6 Å². The van der Waals surface area contributed by atoms with E-state index >= 15 is 0 Å². The predicted molar refractivity (Wildman–Crippen MR) is 94.7 cm³/mol. The molecule has 26 heavy (non-hydrogen) atoms. The first kappa shape index (κ1) is 16.0. The van der Waals surface area contributed by atoms with Gasteiger partial charge in [-0.25, -0.2) is 19.0 Å². The van der Waals surface area contributed by atoms with E-state index in [-0.39, 0.29) is 5.56 Å². The Morgan fingerprint density at radius 2 is 1.77 bits per heavy atom. The van der Waals surface area contributed by atoms with Crippen molar-refractivity contribution in [2.45, 2.75) is 0 Å². The number of aromatic nitrogens is 4. The molecule has 1 saturated heterocycles. The summed E-state index contributed by atoms with van der Waals surface area (Å²) in [6, 6.07) is 10.4. The molecule has 0 bridgehead atoms. The van der Waals surface area contributed by atoms with Crippen LogP contribution < -0.4 is 9.80 Å². The van der Waals surface area contributed by atoms with Crippen LogP contribution in [0.2, 0.25) is 0 Å². The van der Waals surface area contributed by atoms with Gasteiger partial charge in [-0.1, -0.05) is 6.07 Å². The van der Waals surface area contributed by atoms with E-state index in [1.807, 2.05) is 29.3 Å². The highest BCUT2D eigenvalue weighted by molar-refractivity contribution is 5.61. The zero-order valence-corrected chi connectivity index (χ0v) is 14.0. The molecule has 0 atom stereocenters. The minimum absolute atomic E-state index is 0.101. The molecule has 0 amide bonds. The lowest BCUT2D eigenvalue weighted by Gasteiger charge is -2.37. The van der Waals surface area contributed by atoms with Crippen LogP contribution in [-0.2, 0) is 0 Å². The van der Waals surface area contributed by atoms with Crippen molar-refractivity contribution < 1.29 is 4.39 Å². The van der Waals surface area contributed by atoms with Crippen molar-refractivity contribution in [2.75, 3.05) is 36.0 Å². The quantitative estimate of drug-likeness (QED) is 0.720. The molecule has 130 valence electrons. The first-order valence-electron chi connectivity index (χ1n) is 8.27. The molecule has 0 radical (unpaired) electrons. The van der Waals surface area contributed by atoms with E-state index < -0.39 is 5.82 Å². The minimum Gasteiger partial charge on any atom is -0.367 e. The SMILES string of the molecule is N#Cc1c(F)cccc1N1CCN(c2cc(-n3cccn3)ncn2)CC1. The van der Waals surface area contributed by atoms with E-state index in [1.165, 1.54) is 12.4 Å². The van der Waals surface area contributed by atoms with Gasteiger partial charge in [-0.15, -0.1) is 0 Å². The molecule has 1 aliphatic rings. The molecule has 4 rings (SSSR count). The number of hydrogen-bond acceptors (Lipinski definition) is 6. The lowest BCUT2D eigenvalue weighted by molar-refractivity contribution is 0.615. The molecule has 0 unspecified atom stereocenters. The summed E-state index contributed by atoms with van der Waals surface area (Å²) in [5.74, 6) is 1.05. The number of nitriles is 1. The standard InChI is InChI=1S/C18H16FN7/c19-15-3-1-4-16(14(15)12-20)24-7-9-25(10-8-24)17-11-18(22-13-21-17)26-6-2-5-23-26/h1-6,11,13H,7-10H2. The van der Waals surface area contributed by atoms with Crippen molar-refractivity contribution in [1.82, 2.24) is 19.7 Å². The molecule has 0 spiro atoms. The van der Waals surface area contributed by atoms with Gasteiger partial charge in [0.2, 0.25) is 0 Å². The zero-order valence-electron chi connectivity index (χ0n) is 14.0. The Morgan fingerprint density at radius 1 is 1.00 bits per heavy atom. The summed E-state index contributed by atoms with van der Waals surface area (Å²) in [6.45, 7) is 2.80. The number of hydrogen-bond donors (Lipinski definition) is 0. The summed E-state index contributed by atoms with van der Waals surface area (Å²) in [5.41, 5.74) is 0.746. The van der Waals surface area contributed by atoms with Crippen molar-refractivity contribution >= 4 is 11.5 Å². The second-order valence-corrected chi connectivity index (χ2v) is 5.90. The highest BCUT2D eigenvalue weighted by Crippen LogP contribution is 2.25. The summed E-state index contributed by atoms with van der Waals surface area (Å²) in [6.07, 6.45) is 5.06. The lowest BCUT2D eigenvalue weighted by atomic mass is 10.1. The molecule has 0 N–H and O–H groups in total. The van der Waals surface area contributed by atoms with Crippen LogP contribution in [-0.4, -0.2) is 45.9 Å². The fourth-order valence-corrected chi connectivity index (χ4v) is 3.10. The van der Waals surface area contributed by atoms with Gasteiger partial charge in [-0.2, -0.15) is 10.4 Å². The number of piperazine rings is 1. The van der Waals surface area contributed by atoms with Gasteiger partial charge in [-0.05, 0) is 18.2 Å². The predicted octanol–water partition coefficient (Wildman–Crippen LogP) is 2.00. The van der Waals surface area contributed by atoms with E-state index in [0.717, 1.165) is 18.9 Å². The maximum atomic E-state index is 13.8. The third-order valence-corrected chi connectivity index (χ3v) is 4.43. The van der Waals surface area contributed by atoms with E-state index in [2.05, 4.69) is 20.0 Å². The second kappa shape index (κ2) is 6.80. The van der Waals surface area contributed by atoms with Crippen LogP contribution >= 0.6 is 0 Å². The summed E-state index contributed by atoms with van der Waals surface area (Å²) in [7, 11) is 0. The maximum absolute atomic E-state index is 13.8. The molecule has 8 heteroatoms. The van der Waals surface area contributed by atoms with Crippen LogP contribution in [0.4, 0.5) is 15.9 Å². The minimum atomic E-state index is -0.480. The monoisotopic (exact) mass is 349 g/mol. The Balaban J connectivity index is 1.50. The third-order valence-electron chi connectivity index (χ3n) is 4.43. The van der Waals surface area contributed by atoms with Gasteiger partial charge in [0.1, 0.15) is 29.6 Å². The maximum Gasteiger partial charge on any atom is 0.158 e. The van der Waals surface area contributed by atoms with E-state index in [4.69, 9.17) is 0 Å². The van der Waals surface area contributed by atoms with E-state index in [1.54, 1.807) is 23.0 Å². The Morgan fingerprint density at radius 3 is 2.50 bits per heavy atom. The molecule has 1 aromatic carbocycles. The second-order valence-electron chi connectivity index (χ2n) is 5.90. The number of nitrogens with zero attached hydrogens (tertiary/aromatic N) is 7. The fourth-order valence-electron chi connectivity index (χ4n) is 3.10. The van der Waals surface area contributed by atoms with Gasteiger partial charge in [-0.3, -0.25) is 0 Å². The molecule has 7 nitrogen and oxygen atoms in total. The van der Waals surface area contributed by atoms with Crippen molar-refractivity contribution in [3.8, 4) is 11.9 Å². The number of anilines is 2. The lowest BCUT2D eigenvalue weighted by Crippen LogP contribution is -2.47. The largest absolute Gasteiger partial charge is 0.367 e. The summed E-state index contributed by atoms with van der Waals surface area (Å²) in [4.78, 5) is 12.8. The van der Waals surface area contributed by atoms with Gasteiger partial charge in [0.05, 0.1) is 5.69 Å². The van der Waals surface area contributed by atoms with Crippen molar-refractivity contribution in [2.24, 2.45) is 0 Å². The van der Waals surface area contributed by atoms with Crippen molar-refractivity contribution in [3.05, 3.63) is 60.4 Å². The zero-order chi connectivity index (χ0) is 17.9. The number of rotatable bonds is 3.